The average molecular weight is 262 g/mol. The second-order valence-electron chi connectivity index (χ2n) is 3.54. The fourth-order valence-electron chi connectivity index (χ4n) is 1.93. The van der Waals surface area contributed by atoms with Crippen molar-refractivity contribution in [3.8, 4) is 11.3 Å². The molecule has 15 heavy (non-hydrogen) atoms. The van der Waals surface area contributed by atoms with Crippen molar-refractivity contribution in [3.63, 3.8) is 0 Å². The van der Waals surface area contributed by atoms with Gasteiger partial charge in [-0.15, -0.1) is 0 Å². The summed E-state index contributed by atoms with van der Waals surface area (Å²) in [5.74, 6) is 0.335. The highest BCUT2D eigenvalue weighted by Gasteiger charge is 2.21. The van der Waals surface area contributed by atoms with Crippen LogP contribution in [-0.2, 0) is 6.42 Å². The molecule has 0 fully saturated rings. The van der Waals surface area contributed by atoms with Crippen LogP contribution < -0.4 is 5.73 Å². The molecule has 1 aliphatic carbocycles. The predicted molar refractivity (Wildman–Crippen MR) is 62.4 cm³/mol. The molecule has 0 bridgehead atoms. The minimum absolute atomic E-state index is 0.335. The van der Waals surface area contributed by atoms with Crippen molar-refractivity contribution in [1.29, 1.82) is 0 Å². The predicted octanol–water partition coefficient (Wildman–Crippen LogP) is 2.39. The zero-order chi connectivity index (χ0) is 10.4. The minimum Gasteiger partial charge on any atom is -0.368 e. The average Bonchev–Trinajstić information content (AvgIpc) is 2.58. The van der Waals surface area contributed by atoms with Crippen LogP contribution in [0.25, 0.3) is 11.3 Å². The van der Waals surface area contributed by atoms with Crippen LogP contribution in [0.5, 0.6) is 0 Å². The number of anilines is 1. The molecular weight excluding hydrogens is 254 g/mol. The molecule has 0 saturated heterocycles. The van der Waals surface area contributed by atoms with E-state index < -0.39 is 0 Å². The first-order valence-corrected chi connectivity index (χ1v) is 5.44. The monoisotopic (exact) mass is 261 g/mol. The van der Waals surface area contributed by atoms with Crippen molar-refractivity contribution in [2.45, 2.75) is 6.42 Å². The molecule has 1 heterocycles. The van der Waals surface area contributed by atoms with Gasteiger partial charge in [-0.25, -0.2) is 9.97 Å². The van der Waals surface area contributed by atoms with Crippen LogP contribution in [0.15, 0.2) is 28.9 Å². The van der Waals surface area contributed by atoms with Gasteiger partial charge < -0.3 is 5.73 Å². The normalized spacial score (nSPS) is 12.3. The number of nitrogen functional groups attached to an aromatic ring is 1. The largest absolute Gasteiger partial charge is 0.368 e. The summed E-state index contributed by atoms with van der Waals surface area (Å²) in [6.07, 6.45) is 2.69. The number of hydrogen-bond donors (Lipinski definition) is 1. The summed E-state index contributed by atoms with van der Waals surface area (Å²) in [6.45, 7) is 0. The first-order valence-electron chi connectivity index (χ1n) is 4.65. The molecule has 3 rings (SSSR count). The molecule has 0 saturated carbocycles. The number of nitrogens with two attached hydrogens (primary N) is 1. The molecule has 0 atom stereocenters. The number of halogens is 1. The maximum absolute atomic E-state index is 5.59. The number of nitrogens with zero attached hydrogens (tertiary/aromatic N) is 2. The Labute approximate surface area is 95.5 Å². The van der Waals surface area contributed by atoms with E-state index in [4.69, 9.17) is 5.73 Å². The van der Waals surface area contributed by atoms with Crippen LogP contribution >= 0.6 is 15.9 Å². The first kappa shape index (κ1) is 8.85. The van der Waals surface area contributed by atoms with E-state index in [0.29, 0.717) is 5.95 Å². The summed E-state index contributed by atoms with van der Waals surface area (Å²) in [7, 11) is 0. The molecule has 1 aromatic carbocycles. The van der Waals surface area contributed by atoms with Crippen molar-refractivity contribution in [3.05, 3.63) is 40.0 Å². The Morgan fingerprint density at radius 3 is 3.07 bits per heavy atom. The van der Waals surface area contributed by atoms with Crippen LogP contribution in [0.1, 0.15) is 11.1 Å². The quantitative estimate of drug-likeness (QED) is 0.676. The van der Waals surface area contributed by atoms with Gasteiger partial charge in [0, 0.05) is 28.2 Å². The van der Waals surface area contributed by atoms with Crippen LogP contribution in [-0.4, -0.2) is 9.97 Å². The topological polar surface area (TPSA) is 51.8 Å². The maximum Gasteiger partial charge on any atom is 0.220 e. The van der Waals surface area contributed by atoms with Gasteiger partial charge in [-0.1, -0.05) is 28.1 Å². The number of aromatic nitrogens is 2. The number of rotatable bonds is 0. The van der Waals surface area contributed by atoms with Gasteiger partial charge in [0.05, 0.1) is 5.69 Å². The van der Waals surface area contributed by atoms with Gasteiger partial charge >= 0.3 is 0 Å². The van der Waals surface area contributed by atoms with E-state index in [0.717, 1.165) is 27.7 Å². The van der Waals surface area contributed by atoms with Crippen LogP contribution in [0.4, 0.5) is 5.95 Å². The lowest BCUT2D eigenvalue weighted by atomic mass is 10.1. The Kier molecular flexibility index (Phi) is 1.79. The molecule has 0 unspecified atom stereocenters. The van der Waals surface area contributed by atoms with E-state index in [1.165, 1.54) is 5.56 Å². The van der Waals surface area contributed by atoms with Crippen molar-refractivity contribution >= 4 is 21.9 Å². The SMILES string of the molecule is Nc1ncc2c(n1)-c1cccc(Br)c1C2. The van der Waals surface area contributed by atoms with Gasteiger partial charge in [-0.05, 0) is 11.6 Å². The van der Waals surface area contributed by atoms with Gasteiger partial charge in [-0.3, -0.25) is 0 Å². The van der Waals surface area contributed by atoms with Gasteiger partial charge in [0.25, 0.3) is 0 Å². The van der Waals surface area contributed by atoms with E-state index in [1.54, 1.807) is 0 Å². The molecule has 1 aromatic heterocycles. The minimum atomic E-state index is 0.335. The van der Waals surface area contributed by atoms with E-state index in [-0.39, 0.29) is 0 Å². The molecule has 1 aliphatic rings. The number of benzene rings is 1. The summed E-state index contributed by atoms with van der Waals surface area (Å²) in [5.41, 5.74) is 10.1. The second-order valence-corrected chi connectivity index (χ2v) is 4.40. The van der Waals surface area contributed by atoms with Gasteiger partial charge in [-0.2, -0.15) is 0 Å². The number of hydrogen-bond acceptors (Lipinski definition) is 3. The molecular formula is C11H8BrN3. The van der Waals surface area contributed by atoms with Crippen molar-refractivity contribution in [2.75, 3.05) is 5.73 Å². The van der Waals surface area contributed by atoms with Crippen molar-refractivity contribution < 1.29 is 0 Å². The zero-order valence-electron chi connectivity index (χ0n) is 7.87. The van der Waals surface area contributed by atoms with Crippen LogP contribution in [0.3, 0.4) is 0 Å². The Balaban J connectivity index is 2.31. The lowest BCUT2D eigenvalue weighted by Crippen LogP contribution is -1.96. The van der Waals surface area contributed by atoms with E-state index in [9.17, 15) is 0 Å². The molecule has 0 spiro atoms. The maximum atomic E-state index is 5.59. The van der Waals surface area contributed by atoms with E-state index in [1.807, 2.05) is 18.3 Å². The summed E-state index contributed by atoms with van der Waals surface area (Å²) >= 11 is 3.55. The standard InChI is InChI=1S/C11H8BrN3/c12-9-3-1-2-7-8(9)4-6-5-14-11(13)15-10(6)7/h1-3,5H,4H2,(H2,13,14,15). The Morgan fingerprint density at radius 1 is 1.33 bits per heavy atom. The third kappa shape index (κ3) is 1.25. The molecule has 2 N–H and O–H groups in total. The Bertz CT molecular complexity index is 552. The Hall–Kier alpha value is -1.42. The summed E-state index contributed by atoms with van der Waals surface area (Å²) in [5, 5.41) is 0. The molecule has 2 aromatic rings. The highest BCUT2D eigenvalue weighted by atomic mass is 79.9. The molecule has 3 nitrogen and oxygen atoms in total. The van der Waals surface area contributed by atoms with E-state index in [2.05, 4.69) is 32.0 Å². The van der Waals surface area contributed by atoms with Gasteiger partial charge in [0.15, 0.2) is 0 Å². The van der Waals surface area contributed by atoms with Crippen LogP contribution in [0, 0.1) is 0 Å². The summed E-state index contributed by atoms with van der Waals surface area (Å²) < 4.78 is 1.12. The molecule has 0 aliphatic heterocycles. The molecule has 74 valence electrons. The second kappa shape index (κ2) is 3.03. The Morgan fingerprint density at radius 2 is 2.20 bits per heavy atom. The third-order valence-electron chi connectivity index (χ3n) is 2.62. The van der Waals surface area contributed by atoms with Crippen LogP contribution in [0.2, 0.25) is 0 Å². The van der Waals surface area contributed by atoms with Gasteiger partial charge in [0.2, 0.25) is 5.95 Å². The highest BCUT2D eigenvalue weighted by molar-refractivity contribution is 9.10. The number of fused-ring (bicyclic) bond motifs is 3. The first-order chi connectivity index (χ1) is 7.25. The van der Waals surface area contributed by atoms with E-state index >= 15 is 0 Å². The van der Waals surface area contributed by atoms with Crippen molar-refractivity contribution in [1.82, 2.24) is 9.97 Å². The molecule has 0 amide bonds. The fourth-order valence-corrected chi connectivity index (χ4v) is 2.44. The third-order valence-corrected chi connectivity index (χ3v) is 3.37. The molecule has 0 radical (unpaired) electrons. The lowest BCUT2D eigenvalue weighted by Gasteiger charge is -2.01. The molecule has 4 heteroatoms. The lowest BCUT2D eigenvalue weighted by molar-refractivity contribution is 1.13. The summed E-state index contributed by atoms with van der Waals surface area (Å²) in [4.78, 5) is 8.30. The highest BCUT2D eigenvalue weighted by Crippen LogP contribution is 2.38. The smallest absolute Gasteiger partial charge is 0.220 e. The fraction of sp³-hybridized carbons (Fsp3) is 0.0909. The van der Waals surface area contributed by atoms with Crippen molar-refractivity contribution in [2.24, 2.45) is 0 Å². The summed E-state index contributed by atoms with van der Waals surface area (Å²) in [6, 6.07) is 6.12. The zero-order valence-corrected chi connectivity index (χ0v) is 9.45. The van der Waals surface area contributed by atoms with Gasteiger partial charge in [0.1, 0.15) is 0 Å².